The van der Waals surface area contributed by atoms with Gasteiger partial charge in [0, 0.05) is 37.3 Å². The fourth-order valence-electron chi connectivity index (χ4n) is 4.08. The van der Waals surface area contributed by atoms with Crippen molar-refractivity contribution in [2.24, 2.45) is 0 Å². The zero-order valence-electron chi connectivity index (χ0n) is 16.4. The third-order valence-electron chi connectivity index (χ3n) is 5.61. The van der Waals surface area contributed by atoms with E-state index in [-0.39, 0.29) is 30.4 Å². The lowest BCUT2D eigenvalue weighted by molar-refractivity contribution is -0.139. The lowest BCUT2D eigenvalue weighted by Gasteiger charge is -2.33. The molecular formula is C21H26F3N3O2. The molecule has 0 radical (unpaired) electrons. The normalized spacial score (nSPS) is 16.8. The van der Waals surface area contributed by atoms with E-state index in [1.807, 2.05) is 6.07 Å². The van der Waals surface area contributed by atoms with Gasteiger partial charge in [-0.15, -0.1) is 0 Å². The highest BCUT2D eigenvalue weighted by Crippen LogP contribution is 2.36. The summed E-state index contributed by atoms with van der Waals surface area (Å²) < 4.78 is 41.5. The van der Waals surface area contributed by atoms with Gasteiger partial charge in [-0.3, -0.25) is 9.48 Å². The van der Waals surface area contributed by atoms with Gasteiger partial charge in [0.2, 0.25) is 5.91 Å². The van der Waals surface area contributed by atoms with Crippen molar-refractivity contribution >= 4 is 5.91 Å². The Bertz CT molecular complexity index is 827. The highest BCUT2D eigenvalue weighted by Gasteiger charge is 2.35. The molecule has 8 heteroatoms. The Morgan fingerprint density at radius 3 is 2.59 bits per heavy atom. The standard InChI is InChI=1S/C21H26F3N3O2/c1-15(17-4-2-3-5-18(17)21(22,23)24)14-20(29)26-10-7-16(8-11-26)19-6-9-25-27(19)12-13-28/h2-6,9,15-16,28H,7-8,10-14H2,1H3/t15-/m1/s1. The van der Waals surface area contributed by atoms with Crippen molar-refractivity contribution in [1.82, 2.24) is 14.7 Å². The summed E-state index contributed by atoms with van der Waals surface area (Å²) in [7, 11) is 0. The second-order valence-corrected chi connectivity index (χ2v) is 7.55. The molecular weight excluding hydrogens is 383 g/mol. The topological polar surface area (TPSA) is 58.4 Å². The van der Waals surface area contributed by atoms with Gasteiger partial charge in [0.05, 0.1) is 18.7 Å². The highest BCUT2D eigenvalue weighted by molar-refractivity contribution is 5.77. The van der Waals surface area contributed by atoms with E-state index in [1.165, 1.54) is 12.1 Å². The first-order valence-electron chi connectivity index (χ1n) is 9.87. The number of carbonyl (C=O) groups is 1. The number of aliphatic hydroxyl groups is 1. The van der Waals surface area contributed by atoms with Crippen molar-refractivity contribution < 1.29 is 23.1 Å². The zero-order chi connectivity index (χ0) is 21.0. The van der Waals surface area contributed by atoms with Crippen LogP contribution in [-0.4, -0.2) is 45.4 Å². The van der Waals surface area contributed by atoms with Crippen LogP contribution in [0, 0.1) is 0 Å². The van der Waals surface area contributed by atoms with Crippen LogP contribution in [0.3, 0.4) is 0 Å². The lowest BCUT2D eigenvalue weighted by atomic mass is 9.90. The average molecular weight is 409 g/mol. The number of amides is 1. The van der Waals surface area contributed by atoms with E-state index >= 15 is 0 Å². The molecule has 0 bridgehead atoms. The molecule has 1 aromatic heterocycles. The van der Waals surface area contributed by atoms with Gasteiger partial charge >= 0.3 is 6.18 Å². The Morgan fingerprint density at radius 2 is 1.93 bits per heavy atom. The van der Waals surface area contributed by atoms with E-state index in [0.717, 1.165) is 24.6 Å². The predicted molar refractivity (Wildman–Crippen MR) is 102 cm³/mol. The van der Waals surface area contributed by atoms with Crippen molar-refractivity contribution in [2.75, 3.05) is 19.7 Å². The molecule has 0 aliphatic carbocycles. The molecule has 1 aliphatic heterocycles. The van der Waals surface area contributed by atoms with Gasteiger partial charge in [-0.2, -0.15) is 18.3 Å². The smallest absolute Gasteiger partial charge is 0.394 e. The number of likely N-dealkylation sites (tertiary alicyclic amines) is 1. The van der Waals surface area contributed by atoms with Crippen LogP contribution in [0.25, 0.3) is 0 Å². The number of carbonyl (C=O) groups excluding carboxylic acids is 1. The summed E-state index contributed by atoms with van der Waals surface area (Å²) in [5.74, 6) is -0.364. The van der Waals surface area contributed by atoms with E-state index < -0.39 is 17.7 Å². The monoisotopic (exact) mass is 409 g/mol. The van der Waals surface area contributed by atoms with Crippen LogP contribution < -0.4 is 0 Å². The number of aromatic nitrogens is 2. The largest absolute Gasteiger partial charge is 0.416 e. The molecule has 1 amide bonds. The number of hydrogen-bond acceptors (Lipinski definition) is 3. The summed E-state index contributed by atoms with van der Waals surface area (Å²) in [4.78, 5) is 14.4. The van der Waals surface area contributed by atoms with Crippen LogP contribution in [0.15, 0.2) is 36.5 Å². The molecule has 1 saturated heterocycles. The van der Waals surface area contributed by atoms with Gasteiger partial charge in [0.15, 0.2) is 0 Å². The second kappa shape index (κ2) is 8.98. The Kier molecular flexibility index (Phi) is 6.62. The lowest BCUT2D eigenvalue weighted by Crippen LogP contribution is -2.38. The van der Waals surface area contributed by atoms with Crippen LogP contribution in [-0.2, 0) is 17.5 Å². The number of rotatable bonds is 6. The third kappa shape index (κ3) is 4.98. The van der Waals surface area contributed by atoms with Crippen LogP contribution in [0.1, 0.15) is 54.8 Å². The van der Waals surface area contributed by atoms with Gasteiger partial charge in [-0.1, -0.05) is 25.1 Å². The van der Waals surface area contributed by atoms with Gasteiger partial charge in [0.1, 0.15) is 0 Å². The molecule has 2 heterocycles. The number of piperidine rings is 1. The number of nitrogens with zero attached hydrogens (tertiary/aromatic N) is 3. The first kappa shape index (κ1) is 21.4. The maximum atomic E-state index is 13.2. The van der Waals surface area contributed by atoms with Gasteiger partial charge in [-0.05, 0) is 36.5 Å². The number of hydrogen-bond donors (Lipinski definition) is 1. The number of alkyl halides is 3. The Morgan fingerprint density at radius 1 is 1.24 bits per heavy atom. The average Bonchev–Trinajstić information content (AvgIpc) is 3.16. The summed E-state index contributed by atoms with van der Waals surface area (Å²) in [5.41, 5.74) is 0.547. The molecule has 1 fully saturated rings. The predicted octanol–water partition coefficient (Wildman–Crippen LogP) is 3.79. The van der Waals surface area contributed by atoms with E-state index in [4.69, 9.17) is 5.11 Å². The van der Waals surface area contributed by atoms with Crippen molar-refractivity contribution in [2.45, 2.75) is 50.7 Å². The summed E-state index contributed by atoms with van der Waals surface area (Å²) in [6, 6.07) is 7.40. The fraction of sp³-hybridized carbons (Fsp3) is 0.524. The van der Waals surface area contributed by atoms with Gasteiger partial charge < -0.3 is 10.0 Å². The molecule has 1 atom stereocenters. The maximum absolute atomic E-state index is 13.2. The van der Waals surface area contributed by atoms with E-state index in [9.17, 15) is 18.0 Å². The third-order valence-corrected chi connectivity index (χ3v) is 5.61. The molecule has 5 nitrogen and oxygen atoms in total. The molecule has 29 heavy (non-hydrogen) atoms. The number of halogens is 3. The van der Waals surface area contributed by atoms with Crippen molar-refractivity contribution in [1.29, 1.82) is 0 Å². The summed E-state index contributed by atoms with van der Waals surface area (Å²) in [6.07, 6.45) is -1.11. The van der Waals surface area contributed by atoms with Gasteiger partial charge in [0.25, 0.3) is 0 Å². The Balaban J connectivity index is 1.60. The molecule has 1 N–H and O–H groups in total. The molecule has 1 aromatic carbocycles. The maximum Gasteiger partial charge on any atom is 0.416 e. The molecule has 0 unspecified atom stereocenters. The Labute approximate surface area is 168 Å². The molecule has 158 valence electrons. The van der Waals surface area contributed by atoms with Crippen molar-refractivity contribution in [3.8, 4) is 0 Å². The molecule has 3 rings (SSSR count). The minimum atomic E-state index is -4.43. The molecule has 0 spiro atoms. The second-order valence-electron chi connectivity index (χ2n) is 7.55. The highest BCUT2D eigenvalue weighted by atomic mass is 19.4. The summed E-state index contributed by atoms with van der Waals surface area (Å²) >= 11 is 0. The van der Waals surface area contributed by atoms with Crippen LogP contribution in [0.5, 0.6) is 0 Å². The van der Waals surface area contributed by atoms with E-state index in [1.54, 1.807) is 28.8 Å². The minimum absolute atomic E-state index is 0.0172. The Hall–Kier alpha value is -2.35. The van der Waals surface area contributed by atoms with Crippen LogP contribution in [0.4, 0.5) is 13.2 Å². The first-order valence-corrected chi connectivity index (χ1v) is 9.87. The van der Waals surface area contributed by atoms with E-state index in [2.05, 4.69) is 5.10 Å². The van der Waals surface area contributed by atoms with Crippen molar-refractivity contribution in [3.63, 3.8) is 0 Å². The number of aliphatic hydroxyl groups excluding tert-OH is 1. The van der Waals surface area contributed by atoms with Crippen molar-refractivity contribution in [3.05, 3.63) is 53.3 Å². The van der Waals surface area contributed by atoms with Gasteiger partial charge in [-0.25, -0.2) is 0 Å². The SMILES string of the molecule is C[C@H](CC(=O)N1CCC(c2ccnn2CCO)CC1)c1ccccc1C(F)(F)F. The zero-order valence-corrected chi connectivity index (χ0v) is 16.4. The van der Waals surface area contributed by atoms with E-state index in [0.29, 0.717) is 19.6 Å². The summed E-state index contributed by atoms with van der Waals surface area (Å²) in [6.45, 7) is 3.27. The molecule has 1 aliphatic rings. The molecule has 2 aromatic rings. The van der Waals surface area contributed by atoms with Crippen LogP contribution in [0.2, 0.25) is 0 Å². The van der Waals surface area contributed by atoms with Crippen LogP contribution >= 0.6 is 0 Å². The quantitative estimate of drug-likeness (QED) is 0.790. The minimum Gasteiger partial charge on any atom is -0.394 e. The summed E-state index contributed by atoms with van der Waals surface area (Å²) in [5, 5.41) is 13.4. The fourth-order valence-corrected chi connectivity index (χ4v) is 4.08. The number of benzene rings is 1. The molecule has 0 saturated carbocycles. The first-order chi connectivity index (χ1) is 13.8.